The third kappa shape index (κ3) is 4.97. The minimum absolute atomic E-state index is 0.117. The van der Waals surface area contributed by atoms with Crippen LogP contribution in [-0.4, -0.2) is 61.5 Å². The molecule has 8 heteroatoms. The van der Waals surface area contributed by atoms with Crippen LogP contribution in [0.1, 0.15) is 31.2 Å². The van der Waals surface area contributed by atoms with Crippen molar-refractivity contribution in [2.75, 3.05) is 25.9 Å². The van der Waals surface area contributed by atoms with Gasteiger partial charge in [-0.15, -0.1) is 0 Å². The first-order valence-corrected chi connectivity index (χ1v) is 11.3. The summed E-state index contributed by atoms with van der Waals surface area (Å²) in [5.41, 5.74) is 1.23. The second-order valence-corrected chi connectivity index (χ2v) is 9.59. The highest BCUT2D eigenvalue weighted by Crippen LogP contribution is 2.21. The lowest BCUT2D eigenvalue weighted by Gasteiger charge is -2.33. The van der Waals surface area contributed by atoms with E-state index in [1.807, 2.05) is 24.3 Å². The van der Waals surface area contributed by atoms with Gasteiger partial charge in [0.05, 0.1) is 6.26 Å². The summed E-state index contributed by atoms with van der Waals surface area (Å²) in [5, 5.41) is 3.81. The summed E-state index contributed by atoms with van der Waals surface area (Å²) in [5.74, 6) is -0.149. The fourth-order valence-electron chi connectivity index (χ4n) is 3.78. The Balaban J connectivity index is 1.48. The number of hydrogen-bond acceptors (Lipinski definition) is 4. The van der Waals surface area contributed by atoms with E-state index in [2.05, 4.69) is 10.2 Å². The van der Waals surface area contributed by atoms with Crippen LogP contribution in [0.4, 0.5) is 0 Å². The van der Waals surface area contributed by atoms with Crippen LogP contribution >= 0.6 is 11.6 Å². The number of nitrogens with zero attached hydrogens (tertiary/aromatic N) is 2. The topological polar surface area (TPSA) is 69.7 Å². The molecule has 2 aliphatic heterocycles. The van der Waals surface area contributed by atoms with Crippen molar-refractivity contribution in [2.24, 2.45) is 0 Å². The molecule has 0 aliphatic carbocycles. The van der Waals surface area contributed by atoms with Gasteiger partial charge in [-0.3, -0.25) is 9.69 Å². The zero-order chi connectivity index (χ0) is 18.7. The molecule has 0 aromatic heterocycles. The third-order valence-corrected chi connectivity index (χ3v) is 6.73. The average Bonchev–Trinajstić information content (AvgIpc) is 3.09. The van der Waals surface area contributed by atoms with Crippen LogP contribution in [0.15, 0.2) is 24.3 Å². The van der Waals surface area contributed by atoms with Gasteiger partial charge in [0.25, 0.3) is 0 Å². The molecule has 1 amide bonds. The van der Waals surface area contributed by atoms with Gasteiger partial charge in [0.15, 0.2) is 0 Å². The Morgan fingerprint density at radius 3 is 2.42 bits per heavy atom. The first kappa shape index (κ1) is 19.6. The molecular formula is C18H26ClN3O3S. The Morgan fingerprint density at radius 2 is 1.81 bits per heavy atom. The van der Waals surface area contributed by atoms with Crippen molar-refractivity contribution in [3.05, 3.63) is 34.9 Å². The van der Waals surface area contributed by atoms with Crippen molar-refractivity contribution >= 4 is 27.5 Å². The van der Waals surface area contributed by atoms with Crippen LogP contribution in [0.3, 0.4) is 0 Å². The Morgan fingerprint density at radius 1 is 1.15 bits per heavy atom. The molecule has 0 saturated carbocycles. The number of sulfonamides is 1. The van der Waals surface area contributed by atoms with Crippen molar-refractivity contribution in [1.82, 2.24) is 14.5 Å². The first-order chi connectivity index (χ1) is 12.3. The summed E-state index contributed by atoms with van der Waals surface area (Å²) in [6, 6.07) is 7.45. The number of benzene rings is 1. The maximum atomic E-state index is 12.5. The van der Waals surface area contributed by atoms with E-state index in [0.717, 1.165) is 43.9 Å². The number of piperidine rings is 1. The van der Waals surface area contributed by atoms with Crippen LogP contribution in [0.2, 0.25) is 5.02 Å². The molecular weight excluding hydrogens is 374 g/mol. The summed E-state index contributed by atoms with van der Waals surface area (Å²) in [6.07, 6.45) is 4.28. The lowest BCUT2D eigenvalue weighted by molar-refractivity contribution is -0.125. The van der Waals surface area contributed by atoms with Gasteiger partial charge in [-0.05, 0) is 43.4 Å². The first-order valence-electron chi connectivity index (χ1n) is 9.07. The molecule has 144 valence electrons. The fourth-order valence-corrected chi connectivity index (χ4v) is 5.03. The number of rotatable bonds is 5. The van der Waals surface area contributed by atoms with E-state index in [-0.39, 0.29) is 11.9 Å². The Kier molecular flexibility index (Phi) is 6.22. The molecule has 1 unspecified atom stereocenters. The van der Waals surface area contributed by atoms with E-state index in [0.29, 0.717) is 13.0 Å². The molecule has 1 aromatic carbocycles. The molecule has 1 aromatic rings. The maximum absolute atomic E-state index is 12.5. The molecule has 1 N–H and O–H groups in total. The van der Waals surface area contributed by atoms with Gasteiger partial charge in [-0.25, -0.2) is 8.42 Å². The standard InChI is InChI=1S/C18H26ClN3O3S/c1-26(24,25)22-10-2-3-17(22)18(23)20-16-8-11-21(12-9-16)13-14-4-6-15(19)7-5-14/h4-7,16-17H,2-3,8-13H2,1H3,(H,20,23). The second kappa shape index (κ2) is 8.25. The van der Waals surface area contributed by atoms with Gasteiger partial charge in [0.2, 0.25) is 15.9 Å². The Hall–Kier alpha value is -1.15. The molecule has 2 heterocycles. The van der Waals surface area contributed by atoms with Crippen molar-refractivity contribution < 1.29 is 13.2 Å². The van der Waals surface area contributed by atoms with Crippen molar-refractivity contribution in [1.29, 1.82) is 0 Å². The quantitative estimate of drug-likeness (QED) is 0.820. The zero-order valence-electron chi connectivity index (χ0n) is 15.0. The normalized spacial score (nSPS) is 23.2. The summed E-state index contributed by atoms with van der Waals surface area (Å²) < 4.78 is 24.9. The number of carbonyl (C=O) groups excluding carboxylic acids is 1. The van der Waals surface area contributed by atoms with Crippen LogP contribution in [0.5, 0.6) is 0 Å². The number of hydrogen-bond donors (Lipinski definition) is 1. The molecule has 26 heavy (non-hydrogen) atoms. The van der Waals surface area contributed by atoms with Gasteiger partial charge in [0, 0.05) is 37.2 Å². The Labute approximate surface area is 160 Å². The zero-order valence-corrected chi connectivity index (χ0v) is 16.6. The van der Waals surface area contributed by atoms with Gasteiger partial charge in [0.1, 0.15) is 6.04 Å². The maximum Gasteiger partial charge on any atom is 0.238 e. The number of likely N-dealkylation sites (tertiary alicyclic amines) is 1. The molecule has 2 saturated heterocycles. The lowest BCUT2D eigenvalue weighted by Crippen LogP contribution is -2.51. The van der Waals surface area contributed by atoms with Crippen molar-refractivity contribution in [3.63, 3.8) is 0 Å². The molecule has 2 aliphatic rings. The highest BCUT2D eigenvalue weighted by molar-refractivity contribution is 7.88. The number of amides is 1. The van der Waals surface area contributed by atoms with Crippen molar-refractivity contribution in [3.8, 4) is 0 Å². The fraction of sp³-hybridized carbons (Fsp3) is 0.611. The molecule has 6 nitrogen and oxygen atoms in total. The predicted octanol–water partition coefficient (Wildman–Crippen LogP) is 1.84. The third-order valence-electron chi connectivity index (χ3n) is 5.19. The molecule has 3 rings (SSSR count). The van der Waals surface area contributed by atoms with Crippen LogP contribution in [-0.2, 0) is 21.4 Å². The molecule has 2 fully saturated rings. The van der Waals surface area contributed by atoms with E-state index in [1.54, 1.807) is 0 Å². The van der Waals surface area contributed by atoms with E-state index in [1.165, 1.54) is 16.1 Å². The number of halogens is 1. The second-order valence-electron chi connectivity index (χ2n) is 7.22. The van der Waals surface area contributed by atoms with E-state index < -0.39 is 16.1 Å². The summed E-state index contributed by atoms with van der Waals surface area (Å²) in [4.78, 5) is 14.9. The molecule has 1 atom stereocenters. The molecule has 0 spiro atoms. The highest BCUT2D eigenvalue weighted by Gasteiger charge is 2.37. The van der Waals surface area contributed by atoms with Crippen LogP contribution < -0.4 is 5.32 Å². The van der Waals surface area contributed by atoms with E-state index >= 15 is 0 Å². The van der Waals surface area contributed by atoms with Crippen LogP contribution in [0, 0.1) is 0 Å². The van der Waals surface area contributed by atoms with E-state index in [4.69, 9.17) is 11.6 Å². The summed E-state index contributed by atoms with van der Waals surface area (Å²) in [6.45, 7) is 3.14. The monoisotopic (exact) mass is 399 g/mol. The van der Waals surface area contributed by atoms with Gasteiger partial charge in [-0.1, -0.05) is 23.7 Å². The van der Waals surface area contributed by atoms with Crippen LogP contribution in [0.25, 0.3) is 0 Å². The largest absolute Gasteiger partial charge is 0.352 e. The lowest BCUT2D eigenvalue weighted by atomic mass is 10.0. The minimum Gasteiger partial charge on any atom is -0.352 e. The van der Waals surface area contributed by atoms with Crippen molar-refractivity contribution in [2.45, 2.75) is 44.3 Å². The van der Waals surface area contributed by atoms with Gasteiger partial charge < -0.3 is 5.32 Å². The molecule has 0 bridgehead atoms. The number of carbonyl (C=O) groups is 1. The Bertz CT molecular complexity index is 731. The van der Waals surface area contributed by atoms with Gasteiger partial charge >= 0.3 is 0 Å². The average molecular weight is 400 g/mol. The number of nitrogens with one attached hydrogen (secondary N) is 1. The molecule has 0 radical (unpaired) electrons. The van der Waals surface area contributed by atoms with E-state index in [9.17, 15) is 13.2 Å². The smallest absolute Gasteiger partial charge is 0.238 e. The van der Waals surface area contributed by atoms with Gasteiger partial charge in [-0.2, -0.15) is 4.31 Å². The SMILES string of the molecule is CS(=O)(=O)N1CCCC1C(=O)NC1CCN(Cc2ccc(Cl)cc2)CC1. The summed E-state index contributed by atoms with van der Waals surface area (Å²) >= 11 is 5.92. The predicted molar refractivity (Wildman–Crippen MR) is 102 cm³/mol. The highest BCUT2D eigenvalue weighted by atomic mass is 35.5. The minimum atomic E-state index is -3.33. The summed E-state index contributed by atoms with van der Waals surface area (Å²) in [7, 11) is -3.33.